The summed E-state index contributed by atoms with van der Waals surface area (Å²) >= 11 is 0.931. The van der Waals surface area contributed by atoms with E-state index >= 15 is 0 Å². The van der Waals surface area contributed by atoms with Crippen molar-refractivity contribution in [1.82, 2.24) is 19.7 Å². The largest absolute Gasteiger partial charge is 0.573 e. The second kappa shape index (κ2) is 13.4. The molecule has 0 bridgehead atoms. The van der Waals surface area contributed by atoms with Gasteiger partial charge in [-0.1, -0.05) is 41.7 Å². The standard InChI is InChI=1S/C28H30F3N5O7S/c1-27(10-12-35(13-11-27)25(39)40)36(26(41)42-17-18-6-4-3-5-7-18)16-23(38)34(2)15-22(37)33-24-32-20-9-8-19(14-21(20)44-24)43-28(29,30)31/h3-9,14H,10-13,15-17H2,1-2H3,(H,39,40)(H,32,33,37). The molecule has 1 aromatic heterocycles. The van der Waals surface area contributed by atoms with E-state index in [-0.39, 0.29) is 37.7 Å². The molecule has 4 rings (SSSR count). The first-order valence-corrected chi connectivity index (χ1v) is 14.2. The minimum Gasteiger partial charge on any atom is -0.465 e. The second-order valence-electron chi connectivity index (χ2n) is 10.4. The number of piperidine rings is 1. The summed E-state index contributed by atoms with van der Waals surface area (Å²) < 4.78 is 47.4. The molecule has 2 aromatic carbocycles. The van der Waals surface area contributed by atoms with Gasteiger partial charge in [-0.3, -0.25) is 14.5 Å². The lowest BCUT2D eigenvalue weighted by Crippen LogP contribution is -2.58. The number of rotatable bonds is 9. The Morgan fingerprint density at radius 1 is 1.09 bits per heavy atom. The van der Waals surface area contributed by atoms with Crippen molar-refractivity contribution >= 4 is 50.7 Å². The maximum Gasteiger partial charge on any atom is 0.573 e. The molecule has 44 heavy (non-hydrogen) atoms. The number of amides is 4. The van der Waals surface area contributed by atoms with Gasteiger partial charge in [0.05, 0.1) is 16.8 Å². The number of carbonyl (C=O) groups is 4. The molecular weight excluding hydrogens is 607 g/mol. The number of aromatic nitrogens is 1. The van der Waals surface area contributed by atoms with Gasteiger partial charge in [-0.15, -0.1) is 13.2 Å². The van der Waals surface area contributed by atoms with E-state index in [0.29, 0.717) is 10.2 Å². The minimum atomic E-state index is -4.85. The normalized spacial score (nSPS) is 14.5. The van der Waals surface area contributed by atoms with Crippen LogP contribution in [-0.4, -0.2) is 93.9 Å². The lowest BCUT2D eigenvalue weighted by molar-refractivity contribution is -0.274. The number of alkyl halides is 3. The van der Waals surface area contributed by atoms with Gasteiger partial charge in [0, 0.05) is 31.7 Å². The highest BCUT2D eigenvalue weighted by Crippen LogP contribution is 2.32. The first-order chi connectivity index (χ1) is 20.7. The van der Waals surface area contributed by atoms with Crippen LogP contribution < -0.4 is 10.1 Å². The van der Waals surface area contributed by atoms with Crippen LogP contribution in [0.2, 0.25) is 0 Å². The number of hydrogen-bond donors (Lipinski definition) is 2. The molecule has 236 valence electrons. The van der Waals surface area contributed by atoms with Crippen LogP contribution in [0.4, 0.5) is 27.9 Å². The molecule has 1 aliphatic rings. The number of nitrogens with zero attached hydrogens (tertiary/aromatic N) is 4. The lowest BCUT2D eigenvalue weighted by atomic mass is 9.88. The maximum atomic E-state index is 13.3. The summed E-state index contributed by atoms with van der Waals surface area (Å²) in [5.41, 5.74) is 0.190. The summed E-state index contributed by atoms with van der Waals surface area (Å²) in [6.45, 7) is 1.21. The number of halogens is 3. The minimum absolute atomic E-state index is 0.0358. The highest BCUT2D eigenvalue weighted by Gasteiger charge is 2.41. The molecule has 3 aromatic rings. The Bertz CT molecular complexity index is 1510. The molecule has 0 saturated carbocycles. The summed E-state index contributed by atoms with van der Waals surface area (Å²) in [5.74, 6) is -1.62. The van der Waals surface area contributed by atoms with Gasteiger partial charge in [-0.25, -0.2) is 14.6 Å². The molecule has 1 fully saturated rings. The van der Waals surface area contributed by atoms with E-state index < -0.39 is 54.7 Å². The maximum absolute atomic E-state index is 13.3. The van der Waals surface area contributed by atoms with E-state index in [2.05, 4.69) is 15.0 Å². The van der Waals surface area contributed by atoms with Gasteiger partial charge in [0.15, 0.2) is 5.13 Å². The fourth-order valence-electron chi connectivity index (χ4n) is 4.60. The number of nitrogens with one attached hydrogen (secondary N) is 1. The predicted molar refractivity (Wildman–Crippen MR) is 153 cm³/mol. The van der Waals surface area contributed by atoms with Crippen LogP contribution in [0, 0.1) is 0 Å². The molecule has 4 amide bonds. The molecule has 1 saturated heterocycles. The van der Waals surface area contributed by atoms with E-state index in [1.165, 1.54) is 22.9 Å². The van der Waals surface area contributed by atoms with Crippen molar-refractivity contribution in [1.29, 1.82) is 0 Å². The van der Waals surface area contributed by atoms with Gasteiger partial charge in [-0.05, 0) is 37.5 Å². The Morgan fingerprint density at radius 3 is 2.41 bits per heavy atom. The Balaban J connectivity index is 1.40. The fourth-order valence-corrected chi connectivity index (χ4v) is 5.51. The Kier molecular flexibility index (Phi) is 9.81. The molecule has 1 aliphatic heterocycles. The zero-order valence-corrected chi connectivity index (χ0v) is 24.6. The Hall–Kier alpha value is -4.60. The van der Waals surface area contributed by atoms with Crippen molar-refractivity contribution in [2.75, 3.05) is 38.5 Å². The topological polar surface area (TPSA) is 142 Å². The third kappa shape index (κ3) is 8.49. The van der Waals surface area contributed by atoms with Crippen molar-refractivity contribution < 1.29 is 46.9 Å². The van der Waals surface area contributed by atoms with Gasteiger partial charge in [0.2, 0.25) is 11.8 Å². The van der Waals surface area contributed by atoms with Gasteiger partial charge < -0.3 is 29.7 Å². The van der Waals surface area contributed by atoms with E-state index in [4.69, 9.17) is 4.74 Å². The number of likely N-dealkylation sites (tertiary alicyclic amines) is 1. The number of anilines is 1. The fraction of sp³-hybridized carbons (Fsp3) is 0.393. The highest BCUT2D eigenvalue weighted by atomic mass is 32.1. The molecule has 12 nitrogen and oxygen atoms in total. The quantitative estimate of drug-likeness (QED) is 0.342. The van der Waals surface area contributed by atoms with Crippen molar-refractivity contribution in [3.8, 4) is 5.75 Å². The molecule has 0 unspecified atom stereocenters. The third-order valence-electron chi connectivity index (χ3n) is 7.13. The monoisotopic (exact) mass is 637 g/mol. The molecular formula is C28H30F3N5O7S. The number of carboxylic acid groups (broad SMARTS) is 1. The predicted octanol–water partition coefficient (Wildman–Crippen LogP) is 4.76. The van der Waals surface area contributed by atoms with Crippen LogP contribution in [0.5, 0.6) is 5.75 Å². The number of ether oxygens (including phenoxy) is 2. The van der Waals surface area contributed by atoms with Gasteiger partial charge in [-0.2, -0.15) is 0 Å². The first-order valence-electron chi connectivity index (χ1n) is 13.4. The first kappa shape index (κ1) is 32.3. The van der Waals surface area contributed by atoms with Gasteiger partial charge in [0.25, 0.3) is 0 Å². The molecule has 2 heterocycles. The van der Waals surface area contributed by atoms with Crippen molar-refractivity contribution in [2.24, 2.45) is 0 Å². The van der Waals surface area contributed by atoms with Crippen LogP contribution in [0.25, 0.3) is 10.2 Å². The van der Waals surface area contributed by atoms with Crippen molar-refractivity contribution in [3.05, 3.63) is 54.1 Å². The Labute approximate surface area is 253 Å². The van der Waals surface area contributed by atoms with Crippen LogP contribution in [0.1, 0.15) is 25.3 Å². The average molecular weight is 638 g/mol. The highest BCUT2D eigenvalue weighted by molar-refractivity contribution is 7.22. The molecule has 0 aliphatic carbocycles. The van der Waals surface area contributed by atoms with Crippen molar-refractivity contribution in [3.63, 3.8) is 0 Å². The summed E-state index contributed by atoms with van der Waals surface area (Å²) in [6, 6.07) is 12.6. The average Bonchev–Trinajstić information content (AvgIpc) is 3.35. The van der Waals surface area contributed by atoms with Crippen LogP contribution in [0.3, 0.4) is 0 Å². The smallest absolute Gasteiger partial charge is 0.465 e. The summed E-state index contributed by atoms with van der Waals surface area (Å²) in [6.07, 6.45) is -6.15. The molecule has 2 N–H and O–H groups in total. The van der Waals surface area contributed by atoms with E-state index in [9.17, 15) is 37.5 Å². The van der Waals surface area contributed by atoms with E-state index in [1.807, 2.05) is 6.07 Å². The molecule has 0 spiro atoms. The van der Waals surface area contributed by atoms with Gasteiger partial charge >= 0.3 is 18.5 Å². The number of thiazole rings is 1. The molecule has 16 heteroatoms. The number of hydrogen-bond acceptors (Lipinski definition) is 8. The van der Waals surface area contributed by atoms with E-state index in [0.717, 1.165) is 33.9 Å². The number of fused-ring (bicyclic) bond motifs is 1. The lowest BCUT2D eigenvalue weighted by Gasteiger charge is -2.45. The van der Waals surface area contributed by atoms with Gasteiger partial charge in [0.1, 0.15) is 18.9 Å². The summed E-state index contributed by atoms with van der Waals surface area (Å²) in [7, 11) is 1.38. The number of benzene rings is 2. The zero-order chi connectivity index (χ0) is 32.1. The number of carbonyl (C=O) groups excluding carboxylic acids is 3. The van der Waals surface area contributed by atoms with Crippen LogP contribution in [0.15, 0.2) is 48.5 Å². The zero-order valence-electron chi connectivity index (χ0n) is 23.8. The van der Waals surface area contributed by atoms with E-state index in [1.54, 1.807) is 31.2 Å². The molecule has 0 radical (unpaired) electrons. The van der Waals surface area contributed by atoms with Crippen LogP contribution >= 0.6 is 11.3 Å². The van der Waals surface area contributed by atoms with Crippen molar-refractivity contribution in [2.45, 2.75) is 38.3 Å². The SMILES string of the molecule is CN(CC(=O)Nc1nc2ccc(OC(F)(F)F)cc2s1)C(=O)CN(C(=O)OCc1ccccc1)C1(C)CCN(C(=O)O)CC1. The third-order valence-corrected chi connectivity index (χ3v) is 8.06. The van der Waals surface area contributed by atoms with Crippen LogP contribution in [-0.2, 0) is 20.9 Å². The number of likely N-dealkylation sites (N-methyl/N-ethyl adjacent to an activating group) is 1. The second-order valence-corrected chi connectivity index (χ2v) is 11.4. The summed E-state index contributed by atoms with van der Waals surface area (Å²) in [5, 5.41) is 12.0. The summed E-state index contributed by atoms with van der Waals surface area (Å²) in [4.78, 5) is 58.5. The Morgan fingerprint density at radius 2 is 1.77 bits per heavy atom. The molecule has 0 atom stereocenters.